The fraction of sp³-hybridized carbons (Fsp3) is 0.400. The molecule has 0 unspecified atom stereocenters. The van der Waals surface area contributed by atoms with E-state index in [4.69, 9.17) is 9.40 Å². The van der Waals surface area contributed by atoms with Crippen molar-refractivity contribution in [3.05, 3.63) is 54.2 Å². The summed E-state index contributed by atoms with van der Waals surface area (Å²) < 4.78 is 7.39. The third-order valence-corrected chi connectivity index (χ3v) is 4.50. The number of aryl methyl sites for hydroxylation is 1. The van der Waals surface area contributed by atoms with Crippen LogP contribution in [0.3, 0.4) is 0 Å². The fourth-order valence-electron chi connectivity index (χ4n) is 3.28. The van der Waals surface area contributed by atoms with Gasteiger partial charge in [0.15, 0.2) is 0 Å². The Bertz CT molecular complexity index is 854. The van der Waals surface area contributed by atoms with Crippen LogP contribution in [0.2, 0.25) is 0 Å². The number of aliphatic hydroxyl groups excluding tert-OH is 1. The minimum Gasteiger partial charge on any atom is -0.467 e. The predicted octanol–water partition coefficient (Wildman–Crippen LogP) is 3.16. The van der Waals surface area contributed by atoms with Gasteiger partial charge in [-0.25, -0.2) is 4.98 Å². The smallest absolute Gasteiger partial charge is 0.245 e. The van der Waals surface area contributed by atoms with Crippen molar-refractivity contribution in [1.82, 2.24) is 14.5 Å². The highest BCUT2D eigenvalue weighted by Crippen LogP contribution is 2.24. The summed E-state index contributed by atoms with van der Waals surface area (Å²) in [6.45, 7) is 4.50. The molecule has 1 aromatic carbocycles. The first kappa shape index (κ1) is 18.2. The summed E-state index contributed by atoms with van der Waals surface area (Å²) in [6.07, 6.45) is 3.35. The normalized spacial score (nSPS) is 12.4. The van der Waals surface area contributed by atoms with Crippen LogP contribution in [0.15, 0.2) is 47.1 Å². The summed E-state index contributed by atoms with van der Waals surface area (Å²) in [5, 5.41) is 9.39. The highest BCUT2D eigenvalue weighted by atomic mass is 16.3. The zero-order valence-corrected chi connectivity index (χ0v) is 15.3. The molecule has 0 aliphatic heterocycles. The quantitative estimate of drug-likeness (QED) is 0.674. The number of rotatable bonds is 8. The summed E-state index contributed by atoms with van der Waals surface area (Å²) in [5.41, 5.74) is 1.86. The summed E-state index contributed by atoms with van der Waals surface area (Å²) in [6, 6.07) is 11.1. The van der Waals surface area contributed by atoms with E-state index in [2.05, 4.69) is 6.92 Å². The zero-order chi connectivity index (χ0) is 18.5. The molecule has 3 rings (SSSR count). The number of hydrogen-bond donors (Lipinski definition) is 1. The lowest BCUT2D eigenvalue weighted by Crippen LogP contribution is -2.38. The van der Waals surface area contributed by atoms with E-state index in [9.17, 15) is 9.90 Å². The van der Waals surface area contributed by atoms with Gasteiger partial charge in [-0.3, -0.25) is 4.79 Å². The molecule has 0 spiro atoms. The van der Waals surface area contributed by atoms with Crippen molar-refractivity contribution in [3.63, 3.8) is 0 Å². The van der Waals surface area contributed by atoms with Crippen molar-refractivity contribution in [2.24, 2.45) is 0 Å². The molecule has 26 heavy (non-hydrogen) atoms. The van der Waals surface area contributed by atoms with Crippen molar-refractivity contribution in [1.29, 1.82) is 0 Å². The van der Waals surface area contributed by atoms with Crippen molar-refractivity contribution in [2.75, 3.05) is 13.2 Å². The minimum absolute atomic E-state index is 0.0593. The van der Waals surface area contributed by atoms with Gasteiger partial charge in [-0.15, -0.1) is 0 Å². The molecule has 3 aromatic rings. The second-order valence-corrected chi connectivity index (χ2v) is 6.38. The lowest BCUT2D eigenvalue weighted by molar-refractivity contribution is -0.135. The van der Waals surface area contributed by atoms with Gasteiger partial charge in [0.25, 0.3) is 0 Å². The summed E-state index contributed by atoms with van der Waals surface area (Å²) in [7, 11) is 0. The van der Waals surface area contributed by atoms with E-state index >= 15 is 0 Å². The van der Waals surface area contributed by atoms with Crippen molar-refractivity contribution < 1.29 is 14.3 Å². The van der Waals surface area contributed by atoms with E-state index in [0.717, 1.165) is 29.7 Å². The number of nitrogens with zero attached hydrogens (tertiary/aromatic N) is 3. The number of para-hydroxylation sites is 2. The van der Waals surface area contributed by atoms with Crippen molar-refractivity contribution >= 4 is 16.9 Å². The van der Waals surface area contributed by atoms with Gasteiger partial charge >= 0.3 is 0 Å². The van der Waals surface area contributed by atoms with Crippen LogP contribution >= 0.6 is 0 Å². The number of furan rings is 1. The highest BCUT2D eigenvalue weighted by Gasteiger charge is 2.26. The molecule has 138 valence electrons. The number of imidazole rings is 1. The molecule has 0 fully saturated rings. The maximum Gasteiger partial charge on any atom is 0.245 e. The molecule has 6 heteroatoms. The number of carbonyl (C=O) groups excluding carboxylic acids is 1. The largest absolute Gasteiger partial charge is 0.467 e. The Morgan fingerprint density at radius 2 is 2.12 bits per heavy atom. The molecule has 1 atom stereocenters. The average molecular weight is 355 g/mol. The Morgan fingerprint density at radius 3 is 2.81 bits per heavy atom. The first-order valence-electron chi connectivity index (χ1n) is 9.03. The van der Waals surface area contributed by atoms with Gasteiger partial charge in [0.2, 0.25) is 5.91 Å². The topological polar surface area (TPSA) is 71.5 Å². The van der Waals surface area contributed by atoms with Gasteiger partial charge in [-0.2, -0.15) is 0 Å². The summed E-state index contributed by atoms with van der Waals surface area (Å²) >= 11 is 0. The number of fused-ring (bicyclic) bond motifs is 1. The molecule has 6 nitrogen and oxygen atoms in total. The van der Waals surface area contributed by atoms with Crippen molar-refractivity contribution in [2.45, 2.75) is 39.3 Å². The van der Waals surface area contributed by atoms with Crippen LogP contribution in [0, 0.1) is 0 Å². The second kappa shape index (κ2) is 8.19. The maximum absolute atomic E-state index is 13.2. The third kappa shape index (κ3) is 3.65. The van der Waals surface area contributed by atoms with E-state index in [1.165, 1.54) is 0 Å². The highest BCUT2D eigenvalue weighted by molar-refractivity contribution is 5.84. The summed E-state index contributed by atoms with van der Waals surface area (Å²) in [5.74, 6) is 1.55. The Kier molecular flexibility index (Phi) is 5.73. The molecule has 0 radical (unpaired) electrons. The van der Waals surface area contributed by atoms with Gasteiger partial charge in [-0.05, 0) is 37.6 Å². The Balaban J connectivity index is 1.93. The predicted molar refractivity (Wildman–Crippen MR) is 99.6 cm³/mol. The number of amides is 1. The van der Waals surface area contributed by atoms with Crippen LogP contribution in [0.5, 0.6) is 0 Å². The van der Waals surface area contributed by atoms with Crippen LogP contribution < -0.4 is 0 Å². The van der Waals surface area contributed by atoms with E-state index in [-0.39, 0.29) is 19.1 Å². The number of carbonyl (C=O) groups is 1. The van der Waals surface area contributed by atoms with Crippen LogP contribution in [0.1, 0.15) is 37.9 Å². The minimum atomic E-state index is -0.412. The van der Waals surface area contributed by atoms with Gasteiger partial charge in [0.05, 0.1) is 30.4 Å². The Hall–Kier alpha value is -2.60. The monoisotopic (exact) mass is 355 g/mol. The summed E-state index contributed by atoms with van der Waals surface area (Å²) in [4.78, 5) is 19.5. The van der Waals surface area contributed by atoms with E-state index in [1.807, 2.05) is 41.8 Å². The first-order valence-corrected chi connectivity index (χ1v) is 9.03. The van der Waals surface area contributed by atoms with E-state index in [1.54, 1.807) is 17.2 Å². The fourth-order valence-corrected chi connectivity index (χ4v) is 3.28. The number of aliphatic hydroxyl groups is 1. The van der Waals surface area contributed by atoms with Crippen molar-refractivity contribution in [3.8, 4) is 0 Å². The molecule has 1 N–H and O–H groups in total. The molecule has 0 bridgehead atoms. The van der Waals surface area contributed by atoms with Crippen LogP contribution in [-0.2, 0) is 17.8 Å². The van der Waals surface area contributed by atoms with Gasteiger partial charge < -0.3 is 19.0 Å². The molecule has 0 saturated carbocycles. The average Bonchev–Trinajstić information content (AvgIpc) is 3.27. The molecule has 0 aliphatic rings. The first-order chi connectivity index (χ1) is 12.7. The van der Waals surface area contributed by atoms with Crippen LogP contribution in [-0.4, -0.2) is 38.6 Å². The standard InChI is InChI=1S/C20H25N3O3/c1-3-7-19-21-17-9-4-5-10-18(17)23(19)15(2)20(25)22(11-12-24)14-16-8-6-13-26-16/h4-6,8-10,13,15,24H,3,7,11-12,14H2,1-2H3/t15-/m0/s1. The maximum atomic E-state index is 13.2. The number of hydrogen-bond acceptors (Lipinski definition) is 4. The molecular formula is C20H25N3O3. The van der Waals surface area contributed by atoms with Gasteiger partial charge in [0.1, 0.15) is 17.6 Å². The van der Waals surface area contributed by atoms with E-state index in [0.29, 0.717) is 12.3 Å². The molecule has 2 heterocycles. The molecule has 0 aliphatic carbocycles. The molecule has 0 saturated heterocycles. The third-order valence-electron chi connectivity index (χ3n) is 4.50. The molecular weight excluding hydrogens is 330 g/mol. The lowest BCUT2D eigenvalue weighted by Gasteiger charge is -2.26. The molecule has 2 aromatic heterocycles. The Labute approximate surface area is 153 Å². The molecule has 1 amide bonds. The Morgan fingerprint density at radius 1 is 1.31 bits per heavy atom. The SMILES string of the molecule is CCCc1nc2ccccc2n1[C@@H](C)C(=O)N(CCO)Cc1ccco1. The van der Waals surface area contributed by atoms with Gasteiger partial charge in [0, 0.05) is 13.0 Å². The van der Waals surface area contributed by atoms with Gasteiger partial charge in [-0.1, -0.05) is 19.1 Å². The van der Waals surface area contributed by atoms with Crippen LogP contribution in [0.4, 0.5) is 0 Å². The van der Waals surface area contributed by atoms with Crippen LogP contribution in [0.25, 0.3) is 11.0 Å². The van der Waals surface area contributed by atoms with E-state index < -0.39 is 6.04 Å². The lowest BCUT2D eigenvalue weighted by atomic mass is 10.2. The second-order valence-electron chi connectivity index (χ2n) is 6.38. The zero-order valence-electron chi connectivity index (χ0n) is 15.3. The number of benzene rings is 1. The number of aromatic nitrogens is 2.